The Morgan fingerprint density at radius 1 is 1.09 bits per heavy atom. The molecule has 0 fully saturated rings. The molecule has 1 amide bonds. The minimum atomic E-state index is -0.655. The van der Waals surface area contributed by atoms with E-state index in [1.807, 2.05) is 37.3 Å². The van der Waals surface area contributed by atoms with Crippen LogP contribution in [0.4, 0.5) is 5.69 Å². The molecular formula is C23H18Cl2N4O3. The summed E-state index contributed by atoms with van der Waals surface area (Å²) in [5.74, 6) is -1.20. The maximum absolute atomic E-state index is 12.9. The van der Waals surface area contributed by atoms with Gasteiger partial charge in [-0.05, 0) is 31.2 Å². The molecule has 2 aromatic carbocycles. The summed E-state index contributed by atoms with van der Waals surface area (Å²) in [7, 11) is 0. The zero-order valence-electron chi connectivity index (χ0n) is 17.0. The normalized spacial score (nSPS) is 10.8. The molecular weight excluding hydrogens is 451 g/mol. The van der Waals surface area contributed by atoms with Gasteiger partial charge in [0.25, 0.3) is 5.91 Å². The minimum Gasteiger partial charge on any atom is -0.452 e. The maximum Gasteiger partial charge on any atom is 0.339 e. The van der Waals surface area contributed by atoms with Gasteiger partial charge in [0, 0.05) is 17.1 Å². The number of hydrogen-bond donors (Lipinski definition) is 1. The highest BCUT2D eigenvalue weighted by atomic mass is 35.5. The van der Waals surface area contributed by atoms with Crippen LogP contribution in [0.25, 0.3) is 22.3 Å². The predicted octanol–water partition coefficient (Wildman–Crippen LogP) is 5.22. The molecule has 0 aliphatic heterocycles. The minimum absolute atomic E-state index is 0.280. The SMILES string of the molecule is CCn1ncc2c(C(=O)OCC(=O)Nc3cc(Cl)ccc3Cl)cc(-c3ccccc3)nc21. The highest BCUT2D eigenvalue weighted by Gasteiger charge is 2.19. The average Bonchev–Trinajstić information content (AvgIpc) is 3.23. The number of rotatable bonds is 6. The standard InChI is InChI=1S/C23H18Cl2N4O3/c1-2-29-22-17(12-26-29)16(11-19(28-22)14-6-4-3-5-7-14)23(31)32-13-21(30)27-20-10-15(24)8-9-18(20)25/h3-12H,2,13H2,1H3,(H,27,30). The second-order valence-electron chi connectivity index (χ2n) is 6.87. The zero-order chi connectivity index (χ0) is 22.7. The van der Waals surface area contributed by atoms with Crippen LogP contribution in [-0.4, -0.2) is 33.2 Å². The van der Waals surface area contributed by atoms with Crippen LogP contribution in [0.3, 0.4) is 0 Å². The Morgan fingerprint density at radius 3 is 2.62 bits per heavy atom. The van der Waals surface area contributed by atoms with E-state index >= 15 is 0 Å². The maximum atomic E-state index is 12.9. The Kier molecular flexibility index (Phi) is 6.39. The summed E-state index contributed by atoms with van der Waals surface area (Å²) in [6.45, 7) is 2.03. The lowest BCUT2D eigenvalue weighted by Gasteiger charge is -2.10. The Bertz CT molecular complexity index is 1310. The van der Waals surface area contributed by atoms with Crippen LogP contribution in [-0.2, 0) is 16.1 Å². The molecule has 7 nitrogen and oxygen atoms in total. The Morgan fingerprint density at radius 2 is 1.88 bits per heavy atom. The van der Waals surface area contributed by atoms with Crippen molar-refractivity contribution < 1.29 is 14.3 Å². The predicted molar refractivity (Wildman–Crippen MR) is 124 cm³/mol. The van der Waals surface area contributed by atoms with E-state index in [4.69, 9.17) is 27.9 Å². The van der Waals surface area contributed by atoms with Crippen molar-refractivity contribution in [3.63, 3.8) is 0 Å². The lowest BCUT2D eigenvalue weighted by Crippen LogP contribution is -2.21. The summed E-state index contributed by atoms with van der Waals surface area (Å²) in [6.07, 6.45) is 1.57. The number of halogens is 2. The van der Waals surface area contributed by atoms with Crippen LogP contribution in [0.15, 0.2) is 60.8 Å². The summed E-state index contributed by atoms with van der Waals surface area (Å²) in [5, 5.41) is 8.18. The summed E-state index contributed by atoms with van der Waals surface area (Å²) in [4.78, 5) is 29.9. The van der Waals surface area contributed by atoms with E-state index in [2.05, 4.69) is 15.4 Å². The van der Waals surface area contributed by atoms with E-state index < -0.39 is 18.5 Å². The molecule has 0 radical (unpaired) electrons. The van der Waals surface area contributed by atoms with E-state index in [1.54, 1.807) is 29.1 Å². The van der Waals surface area contributed by atoms with Crippen molar-refractivity contribution in [1.82, 2.24) is 14.8 Å². The number of aryl methyl sites for hydroxylation is 1. The van der Waals surface area contributed by atoms with Gasteiger partial charge in [0.2, 0.25) is 0 Å². The molecule has 1 N–H and O–H groups in total. The third-order valence-electron chi connectivity index (χ3n) is 4.74. The lowest BCUT2D eigenvalue weighted by atomic mass is 10.1. The van der Waals surface area contributed by atoms with E-state index in [-0.39, 0.29) is 5.56 Å². The number of aromatic nitrogens is 3. The summed E-state index contributed by atoms with van der Waals surface area (Å²) < 4.78 is 6.98. The number of esters is 1. The third-order valence-corrected chi connectivity index (χ3v) is 5.30. The van der Waals surface area contributed by atoms with Gasteiger partial charge in [0.1, 0.15) is 0 Å². The van der Waals surface area contributed by atoms with Crippen molar-refractivity contribution in [2.45, 2.75) is 13.5 Å². The van der Waals surface area contributed by atoms with E-state index in [9.17, 15) is 9.59 Å². The highest BCUT2D eigenvalue weighted by molar-refractivity contribution is 6.35. The second-order valence-corrected chi connectivity index (χ2v) is 7.71. The van der Waals surface area contributed by atoms with Crippen molar-refractivity contribution in [1.29, 1.82) is 0 Å². The first-order valence-corrected chi connectivity index (χ1v) is 10.6. The monoisotopic (exact) mass is 468 g/mol. The van der Waals surface area contributed by atoms with Crippen molar-refractivity contribution in [2.75, 3.05) is 11.9 Å². The molecule has 0 atom stereocenters. The van der Waals surface area contributed by atoms with Gasteiger partial charge in [0.15, 0.2) is 12.3 Å². The Hall–Kier alpha value is -3.42. The van der Waals surface area contributed by atoms with Crippen molar-refractivity contribution in [2.24, 2.45) is 0 Å². The lowest BCUT2D eigenvalue weighted by molar-refractivity contribution is -0.119. The quantitative estimate of drug-likeness (QED) is 0.392. The van der Waals surface area contributed by atoms with Gasteiger partial charge in [-0.1, -0.05) is 53.5 Å². The van der Waals surface area contributed by atoms with Gasteiger partial charge in [-0.25, -0.2) is 14.5 Å². The van der Waals surface area contributed by atoms with Crippen LogP contribution < -0.4 is 5.32 Å². The van der Waals surface area contributed by atoms with Gasteiger partial charge in [0.05, 0.1) is 33.6 Å². The number of benzene rings is 2. The number of amides is 1. The first kappa shape index (κ1) is 21.8. The fraction of sp³-hybridized carbons (Fsp3) is 0.130. The molecule has 0 spiro atoms. The summed E-state index contributed by atoms with van der Waals surface area (Å²) in [5.41, 5.74) is 2.64. The molecule has 0 saturated heterocycles. The van der Waals surface area contributed by atoms with E-state index in [0.29, 0.717) is 39.0 Å². The van der Waals surface area contributed by atoms with Crippen molar-refractivity contribution in [3.05, 3.63) is 76.4 Å². The zero-order valence-corrected chi connectivity index (χ0v) is 18.5. The molecule has 4 aromatic rings. The van der Waals surface area contributed by atoms with Crippen molar-refractivity contribution in [3.8, 4) is 11.3 Å². The van der Waals surface area contributed by atoms with Crippen LogP contribution in [0.2, 0.25) is 10.0 Å². The van der Waals surface area contributed by atoms with E-state index in [0.717, 1.165) is 5.56 Å². The molecule has 0 aliphatic carbocycles. The molecule has 32 heavy (non-hydrogen) atoms. The third kappa shape index (κ3) is 4.59. The number of carbonyl (C=O) groups is 2. The smallest absolute Gasteiger partial charge is 0.339 e. The second kappa shape index (κ2) is 9.38. The number of ether oxygens (including phenoxy) is 1. The first-order valence-electron chi connectivity index (χ1n) is 9.80. The first-order chi connectivity index (χ1) is 15.5. The van der Waals surface area contributed by atoms with Crippen LogP contribution in [0, 0.1) is 0 Å². The van der Waals surface area contributed by atoms with Gasteiger partial charge >= 0.3 is 5.97 Å². The highest BCUT2D eigenvalue weighted by Crippen LogP contribution is 2.27. The molecule has 0 aliphatic rings. The van der Waals surface area contributed by atoms with Crippen LogP contribution in [0.1, 0.15) is 17.3 Å². The molecule has 2 aromatic heterocycles. The van der Waals surface area contributed by atoms with Crippen LogP contribution >= 0.6 is 23.2 Å². The number of anilines is 1. The topological polar surface area (TPSA) is 86.1 Å². The molecule has 162 valence electrons. The molecule has 2 heterocycles. The average molecular weight is 469 g/mol. The largest absolute Gasteiger partial charge is 0.452 e. The fourth-order valence-corrected chi connectivity index (χ4v) is 3.53. The van der Waals surface area contributed by atoms with Gasteiger partial charge < -0.3 is 10.1 Å². The number of pyridine rings is 1. The van der Waals surface area contributed by atoms with Crippen molar-refractivity contribution >= 4 is 51.8 Å². The fourth-order valence-electron chi connectivity index (χ4n) is 3.19. The van der Waals surface area contributed by atoms with Gasteiger partial charge in [-0.3, -0.25) is 4.79 Å². The van der Waals surface area contributed by atoms with Gasteiger partial charge in [-0.2, -0.15) is 5.10 Å². The molecule has 0 unspecified atom stereocenters. The molecule has 4 rings (SSSR count). The number of nitrogens with zero attached hydrogens (tertiary/aromatic N) is 3. The summed E-state index contributed by atoms with van der Waals surface area (Å²) >= 11 is 12.0. The van der Waals surface area contributed by atoms with E-state index in [1.165, 1.54) is 6.07 Å². The Balaban J connectivity index is 1.58. The molecule has 0 bridgehead atoms. The Labute approximate surface area is 193 Å². The van der Waals surface area contributed by atoms with Crippen LogP contribution in [0.5, 0.6) is 0 Å². The summed E-state index contributed by atoms with van der Waals surface area (Å²) in [6, 6.07) is 15.8. The number of carbonyl (C=O) groups excluding carboxylic acids is 2. The molecule has 0 saturated carbocycles. The molecule has 9 heteroatoms. The number of hydrogen-bond acceptors (Lipinski definition) is 5. The van der Waals surface area contributed by atoms with Gasteiger partial charge in [-0.15, -0.1) is 0 Å². The number of fused-ring (bicyclic) bond motifs is 1. The number of nitrogens with one attached hydrogen (secondary N) is 1.